The Bertz CT molecular complexity index is 388. The smallest absolute Gasteiger partial charge is 0.224 e. The second-order valence-corrected chi connectivity index (χ2v) is 4.04. The van der Waals surface area contributed by atoms with Crippen LogP contribution in [0.25, 0.3) is 0 Å². The molecule has 0 aliphatic carbocycles. The van der Waals surface area contributed by atoms with Crippen LogP contribution >= 0.6 is 0 Å². The van der Waals surface area contributed by atoms with Crippen molar-refractivity contribution in [3.8, 4) is 5.75 Å². The number of carbonyl (C=O) groups excluding carboxylic acids is 1. The minimum atomic E-state index is 0.0603. The summed E-state index contributed by atoms with van der Waals surface area (Å²) in [6, 6.07) is 5.93. The molecule has 0 radical (unpaired) electrons. The molecular weight excluding hydrogens is 202 g/mol. The summed E-state index contributed by atoms with van der Waals surface area (Å²) in [5.41, 5.74) is 2.01. The van der Waals surface area contributed by atoms with Crippen molar-refractivity contribution >= 4 is 11.6 Å². The molecule has 3 heteroatoms. The summed E-state index contributed by atoms with van der Waals surface area (Å²) in [5.74, 6) is 0.920. The summed E-state index contributed by atoms with van der Waals surface area (Å²) < 4.78 is 5.62. The fourth-order valence-corrected chi connectivity index (χ4v) is 1.93. The average molecular weight is 219 g/mol. The number of rotatable bonds is 3. The van der Waals surface area contributed by atoms with Gasteiger partial charge in [-0.1, -0.05) is 19.1 Å². The van der Waals surface area contributed by atoms with Crippen molar-refractivity contribution < 1.29 is 9.53 Å². The number of aryl methyl sites for hydroxylation is 1. The van der Waals surface area contributed by atoms with E-state index >= 15 is 0 Å². The molecule has 1 aromatic carbocycles. The van der Waals surface area contributed by atoms with Crippen LogP contribution in [0.4, 0.5) is 5.69 Å². The third-order valence-electron chi connectivity index (χ3n) is 2.68. The molecule has 0 fully saturated rings. The molecule has 1 amide bonds. The van der Waals surface area contributed by atoms with Gasteiger partial charge in [-0.2, -0.15) is 0 Å². The Morgan fingerprint density at radius 2 is 2.38 bits per heavy atom. The first-order chi connectivity index (χ1) is 7.81. The van der Waals surface area contributed by atoms with E-state index in [1.54, 1.807) is 0 Å². The lowest BCUT2D eigenvalue weighted by molar-refractivity contribution is -0.116. The van der Waals surface area contributed by atoms with E-state index in [0.29, 0.717) is 6.42 Å². The quantitative estimate of drug-likeness (QED) is 0.848. The number of hydrogen-bond acceptors (Lipinski definition) is 2. The van der Waals surface area contributed by atoms with E-state index in [-0.39, 0.29) is 5.91 Å². The highest BCUT2D eigenvalue weighted by Crippen LogP contribution is 2.32. The van der Waals surface area contributed by atoms with E-state index in [9.17, 15) is 4.79 Å². The van der Waals surface area contributed by atoms with E-state index in [4.69, 9.17) is 4.74 Å². The highest BCUT2D eigenvalue weighted by atomic mass is 16.5. The van der Waals surface area contributed by atoms with Crippen molar-refractivity contribution in [1.82, 2.24) is 0 Å². The van der Waals surface area contributed by atoms with Crippen molar-refractivity contribution in [1.29, 1.82) is 0 Å². The molecule has 0 atom stereocenters. The fraction of sp³-hybridized carbons (Fsp3) is 0.462. The molecule has 1 aliphatic heterocycles. The number of para-hydroxylation sites is 1. The Morgan fingerprint density at radius 3 is 3.19 bits per heavy atom. The minimum Gasteiger partial charge on any atom is -0.491 e. The zero-order valence-electron chi connectivity index (χ0n) is 9.58. The zero-order chi connectivity index (χ0) is 11.4. The lowest BCUT2D eigenvalue weighted by Gasteiger charge is -2.20. The second kappa shape index (κ2) is 5.01. The van der Waals surface area contributed by atoms with Gasteiger partial charge in [-0.3, -0.25) is 4.79 Å². The fourth-order valence-electron chi connectivity index (χ4n) is 1.93. The lowest BCUT2D eigenvalue weighted by atomic mass is 10.1. The molecule has 1 aliphatic rings. The Labute approximate surface area is 95.8 Å². The Hall–Kier alpha value is -1.51. The first-order valence-corrected chi connectivity index (χ1v) is 5.86. The predicted molar refractivity (Wildman–Crippen MR) is 63.8 cm³/mol. The van der Waals surface area contributed by atoms with Crippen LogP contribution in [0.5, 0.6) is 5.75 Å². The van der Waals surface area contributed by atoms with E-state index in [0.717, 1.165) is 37.3 Å². The lowest BCUT2D eigenvalue weighted by Crippen LogP contribution is -2.15. The molecule has 1 heterocycles. The van der Waals surface area contributed by atoms with Crippen LogP contribution in [0.3, 0.4) is 0 Å². The van der Waals surface area contributed by atoms with Crippen molar-refractivity contribution in [2.24, 2.45) is 0 Å². The number of carbonyl (C=O) groups is 1. The highest BCUT2D eigenvalue weighted by molar-refractivity contribution is 5.92. The molecule has 1 N–H and O–H groups in total. The van der Waals surface area contributed by atoms with Gasteiger partial charge >= 0.3 is 0 Å². The maximum absolute atomic E-state index is 11.5. The summed E-state index contributed by atoms with van der Waals surface area (Å²) in [6.07, 6.45) is 3.51. The second-order valence-electron chi connectivity index (χ2n) is 4.04. The summed E-state index contributed by atoms with van der Waals surface area (Å²) in [4.78, 5) is 11.5. The van der Waals surface area contributed by atoms with Crippen LogP contribution in [0.15, 0.2) is 18.2 Å². The molecule has 2 rings (SSSR count). The van der Waals surface area contributed by atoms with Crippen LogP contribution < -0.4 is 10.1 Å². The summed E-state index contributed by atoms with van der Waals surface area (Å²) >= 11 is 0. The standard InChI is InChI=1S/C13H17NO2/c1-2-5-12(15)14-11-8-3-6-10-7-4-9-16-13(10)11/h3,6,8H,2,4-5,7,9H2,1H3,(H,14,15). The van der Waals surface area contributed by atoms with Crippen LogP contribution in [0.1, 0.15) is 31.7 Å². The third-order valence-corrected chi connectivity index (χ3v) is 2.68. The molecule has 1 aromatic rings. The normalized spacial score (nSPS) is 13.8. The third kappa shape index (κ3) is 2.35. The molecule has 0 aromatic heterocycles. The van der Waals surface area contributed by atoms with Crippen molar-refractivity contribution in [2.45, 2.75) is 32.6 Å². The maximum Gasteiger partial charge on any atom is 0.224 e. The first-order valence-electron chi connectivity index (χ1n) is 5.86. The zero-order valence-corrected chi connectivity index (χ0v) is 9.58. The van der Waals surface area contributed by atoms with Crippen LogP contribution in [-0.4, -0.2) is 12.5 Å². The van der Waals surface area contributed by atoms with Crippen molar-refractivity contribution in [2.75, 3.05) is 11.9 Å². The number of fused-ring (bicyclic) bond motifs is 1. The van der Waals surface area contributed by atoms with E-state index in [1.165, 1.54) is 5.56 Å². The highest BCUT2D eigenvalue weighted by Gasteiger charge is 2.15. The Kier molecular flexibility index (Phi) is 3.44. The maximum atomic E-state index is 11.5. The van der Waals surface area contributed by atoms with Gasteiger partial charge in [-0.05, 0) is 30.9 Å². The SMILES string of the molecule is CCCC(=O)Nc1cccc2c1OCCC2. The molecule has 0 saturated heterocycles. The topological polar surface area (TPSA) is 38.3 Å². The van der Waals surface area contributed by atoms with Crippen molar-refractivity contribution in [3.63, 3.8) is 0 Å². The molecule has 0 spiro atoms. The number of nitrogens with one attached hydrogen (secondary N) is 1. The Balaban J connectivity index is 2.17. The average Bonchev–Trinajstić information content (AvgIpc) is 2.30. The van der Waals surface area contributed by atoms with E-state index in [1.807, 2.05) is 19.1 Å². The summed E-state index contributed by atoms with van der Waals surface area (Å²) in [6.45, 7) is 2.74. The minimum absolute atomic E-state index is 0.0603. The number of hydrogen-bond donors (Lipinski definition) is 1. The molecule has 0 bridgehead atoms. The largest absolute Gasteiger partial charge is 0.491 e. The Morgan fingerprint density at radius 1 is 1.50 bits per heavy atom. The monoisotopic (exact) mass is 219 g/mol. The van der Waals surface area contributed by atoms with Gasteiger partial charge in [0.1, 0.15) is 5.75 Å². The molecule has 0 saturated carbocycles. The van der Waals surface area contributed by atoms with Crippen LogP contribution in [-0.2, 0) is 11.2 Å². The molecule has 16 heavy (non-hydrogen) atoms. The van der Waals surface area contributed by atoms with Gasteiger partial charge in [-0.15, -0.1) is 0 Å². The summed E-state index contributed by atoms with van der Waals surface area (Å²) in [7, 11) is 0. The van der Waals surface area contributed by atoms with Crippen LogP contribution in [0.2, 0.25) is 0 Å². The molecule has 3 nitrogen and oxygen atoms in total. The van der Waals surface area contributed by atoms with Crippen LogP contribution in [0, 0.1) is 0 Å². The van der Waals surface area contributed by atoms with Gasteiger partial charge in [0.25, 0.3) is 0 Å². The predicted octanol–water partition coefficient (Wildman–Crippen LogP) is 2.75. The molecular formula is C13H17NO2. The van der Waals surface area contributed by atoms with Gasteiger partial charge in [0.05, 0.1) is 12.3 Å². The first kappa shape index (κ1) is 11.0. The number of anilines is 1. The molecule has 0 unspecified atom stereocenters. The van der Waals surface area contributed by atoms with Gasteiger partial charge in [-0.25, -0.2) is 0 Å². The number of ether oxygens (including phenoxy) is 1. The van der Waals surface area contributed by atoms with Gasteiger partial charge in [0.15, 0.2) is 0 Å². The summed E-state index contributed by atoms with van der Waals surface area (Å²) in [5, 5.41) is 2.91. The number of benzene rings is 1. The van der Waals surface area contributed by atoms with E-state index < -0.39 is 0 Å². The van der Waals surface area contributed by atoms with Gasteiger partial charge in [0, 0.05) is 6.42 Å². The number of amides is 1. The molecule has 86 valence electrons. The van der Waals surface area contributed by atoms with Gasteiger partial charge < -0.3 is 10.1 Å². The van der Waals surface area contributed by atoms with Crippen molar-refractivity contribution in [3.05, 3.63) is 23.8 Å². The van der Waals surface area contributed by atoms with E-state index in [2.05, 4.69) is 11.4 Å². The van der Waals surface area contributed by atoms with Gasteiger partial charge in [0.2, 0.25) is 5.91 Å².